The fourth-order valence-corrected chi connectivity index (χ4v) is 2.40. The van der Waals surface area contributed by atoms with Gasteiger partial charge in [0.1, 0.15) is 5.69 Å². The van der Waals surface area contributed by atoms with Crippen LogP contribution in [0, 0.1) is 30.9 Å². The van der Waals surface area contributed by atoms with Gasteiger partial charge in [0, 0.05) is 5.56 Å². The van der Waals surface area contributed by atoms with Crippen LogP contribution in [0.1, 0.15) is 16.7 Å². The molecule has 0 spiro atoms. The van der Waals surface area contributed by atoms with Crippen LogP contribution in [-0.2, 0) is 0 Å². The van der Waals surface area contributed by atoms with E-state index in [1.165, 1.54) is 0 Å². The van der Waals surface area contributed by atoms with Crippen LogP contribution >= 0.6 is 0 Å². The molecule has 0 radical (unpaired) electrons. The minimum Gasteiger partial charge on any atom is -0.396 e. The van der Waals surface area contributed by atoms with Crippen LogP contribution in [0.3, 0.4) is 0 Å². The number of benzene rings is 2. The molecule has 0 fully saturated rings. The van der Waals surface area contributed by atoms with Crippen molar-refractivity contribution in [1.82, 2.24) is 0 Å². The number of nitrogens with two attached hydrogens (primary N) is 1. The maximum absolute atomic E-state index is 10.8. The maximum atomic E-state index is 10.8. The topological polar surface area (TPSA) is 81.2 Å². The van der Waals surface area contributed by atoms with Gasteiger partial charge in [0.15, 0.2) is 5.03 Å². The average molecular weight is 271 g/mol. The van der Waals surface area contributed by atoms with Crippen molar-refractivity contribution < 1.29 is 5.03 Å². The van der Waals surface area contributed by atoms with E-state index in [0.29, 0.717) is 11.4 Å². The largest absolute Gasteiger partial charge is 0.396 e. The van der Waals surface area contributed by atoms with Crippen LogP contribution in [0.15, 0.2) is 30.3 Å². The van der Waals surface area contributed by atoms with Crippen LogP contribution in [0.25, 0.3) is 11.1 Å². The zero-order valence-corrected chi connectivity index (χ0v) is 11.7. The Balaban J connectivity index is 2.75. The molecule has 0 heterocycles. The summed E-state index contributed by atoms with van der Waals surface area (Å²) in [6.45, 7) is 5.76. The van der Waals surface area contributed by atoms with E-state index >= 15 is 0 Å². The third-order valence-electron chi connectivity index (χ3n) is 3.68. The highest BCUT2D eigenvalue weighted by Gasteiger charge is 2.19. The lowest BCUT2D eigenvalue weighted by Gasteiger charge is -2.18. The number of hydrogen-bond donors (Lipinski definition) is 2. The Hall–Kier alpha value is -2.56. The third kappa shape index (κ3) is 2.30. The van der Waals surface area contributed by atoms with Crippen LogP contribution < -0.4 is 11.2 Å². The first-order chi connectivity index (χ1) is 9.43. The van der Waals surface area contributed by atoms with Gasteiger partial charge >= 0.3 is 0 Å². The van der Waals surface area contributed by atoms with Gasteiger partial charge in [-0.05, 0) is 43.0 Å². The zero-order valence-electron chi connectivity index (χ0n) is 11.7. The molecule has 0 aromatic heterocycles. The van der Waals surface area contributed by atoms with Gasteiger partial charge in [0.25, 0.3) is 0 Å². The summed E-state index contributed by atoms with van der Waals surface area (Å²) in [6, 6.07) is 9.66. The summed E-state index contributed by atoms with van der Waals surface area (Å²) >= 11 is 0. The van der Waals surface area contributed by atoms with Crippen molar-refractivity contribution in [1.29, 1.82) is 0 Å². The summed E-state index contributed by atoms with van der Waals surface area (Å²) in [4.78, 5) is 10.8. The van der Waals surface area contributed by atoms with Crippen LogP contribution in [0.4, 0.5) is 11.4 Å². The van der Waals surface area contributed by atoms with E-state index in [9.17, 15) is 10.1 Å². The second-order valence-corrected chi connectivity index (χ2v) is 4.77. The maximum Gasteiger partial charge on any atom is 0.162 e. The Morgan fingerprint density at radius 3 is 2.20 bits per heavy atom. The number of anilines is 2. The minimum atomic E-state index is -0.581. The van der Waals surface area contributed by atoms with Gasteiger partial charge in [-0.25, -0.2) is 10.1 Å². The van der Waals surface area contributed by atoms with Gasteiger partial charge in [0.05, 0.1) is 5.69 Å². The molecular weight excluding hydrogens is 254 g/mol. The van der Waals surface area contributed by atoms with E-state index < -0.39 is 5.03 Å². The van der Waals surface area contributed by atoms with Crippen molar-refractivity contribution in [2.24, 2.45) is 0 Å². The summed E-state index contributed by atoms with van der Waals surface area (Å²) < 4.78 is 0. The fourth-order valence-electron chi connectivity index (χ4n) is 2.40. The van der Waals surface area contributed by atoms with Gasteiger partial charge in [-0.1, -0.05) is 30.3 Å². The molecule has 5 nitrogen and oxygen atoms in total. The highest BCUT2D eigenvalue weighted by molar-refractivity contribution is 5.90. The highest BCUT2D eigenvalue weighted by atomic mass is 16.7. The fraction of sp³-hybridized carbons (Fsp3) is 0.200. The first kappa shape index (κ1) is 13.9. The minimum absolute atomic E-state index is 0.372. The van der Waals surface area contributed by atoms with Gasteiger partial charge < -0.3 is 5.73 Å². The molecule has 0 aliphatic heterocycles. The number of nitrogen functional groups attached to an aromatic ring is 1. The lowest BCUT2D eigenvalue weighted by Crippen LogP contribution is -2.13. The first-order valence-electron chi connectivity index (χ1n) is 6.29. The normalized spacial score (nSPS) is 10.3. The summed E-state index contributed by atoms with van der Waals surface area (Å²) in [5.74, 6) is 0. The monoisotopic (exact) mass is 271 g/mol. The molecule has 104 valence electrons. The molecule has 0 saturated carbocycles. The highest BCUT2D eigenvalue weighted by Crippen LogP contribution is 2.39. The van der Waals surface area contributed by atoms with Crippen LogP contribution in [0.2, 0.25) is 0 Å². The molecule has 0 bridgehead atoms. The summed E-state index contributed by atoms with van der Waals surface area (Å²) in [6.07, 6.45) is 0. The quantitative estimate of drug-likeness (QED) is 0.509. The SMILES string of the molecule is Cc1c(C)c(N[N+](=O)[O-])c(N)c(-c2ccccc2)c1C. The number of nitrogens with zero attached hydrogens (tertiary/aromatic N) is 1. The molecule has 5 heteroatoms. The van der Waals surface area contributed by atoms with Crippen molar-refractivity contribution in [2.45, 2.75) is 20.8 Å². The van der Waals surface area contributed by atoms with E-state index in [1.54, 1.807) is 0 Å². The predicted molar refractivity (Wildman–Crippen MR) is 81.1 cm³/mol. The molecule has 3 N–H and O–H groups in total. The zero-order chi connectivity index (χ0) is 14.9. The molecule has 20 heavy (non-hydrogen) atoms. The lowest BCUT2D eigenvalue weighted by atomic mass is 9.91. The lowest BCUT2D eigenvalue weighted by molar-refractivity contribution is -0.445. The summed E-state index contributed by atoms with van der Waals surface area (Å²) in [7, 11) is 0. The second-order valence-electron chi connectivity index (χ2n) is 4.77. The molecule has 0 saturated heterocycles. The first-order valence-corrected chi connectivity index (χ1v) is 6.29. The van der Waals surface area contributed by atoms with Gasteiger partial charge in [0.2, 0.25) is 0 Å². The van der Waals surface area contributed by atoms with Crippen molar-refractivity contribution in [3.05, 3.63) is 57.1 Å². The van der Waals surface area contributed by atoms with Crippen molar-refractivity contribution in [3.8, 4) is 11.1 Å². The van der Waals surface area contributed by atoms with Gasteiger partial charge in [-0.15, -0.1) is 5.43 Å². The predicted octanol–water partition coefficient (Wildman–Crippen LogP) is 3.46. The molecule has 0 unspecified atom stereocenters. The number of hydrogen-bond acceptors (Lipinski definition) is 3. The molecule has 0 atom stereocenters. The standard InChI is InChI=1S/C15H17N3O2/c1-9-10(2)13(12-7-5-4-6-8-12)14(16)15(11(9)3)17-18(19)20/h4-8,17H,16H2,1-3H3. The van der Waals surface area contributed by atoms with Gasteiger partial charge in [-0.3, -0.25) is 0 Å². The Morgan fingerprint density at radius 1 is 1.05 bits per heavy atom. The Kier molecular flexibility index (Phi) is 3.61. The number of rotatable bonds is 3. The molecule has 2 aromatic rings. The number of nitrogens with one attached hydrogen (secondary N) is 1. The van der Waals surface area contributed by atoms with E-state index in [0.717, 1.165) is 27.8 Å². The molecule has 2 rings (SSSR count). The molecule has 0 aliphatic rings. The number of hydrazine groups is 1. The van der Waals surface area contributed by atoms with Gasteiger partial charge in [-0.2, -0.15) is 0 Å². The van der Waals surface area contributed by atoms with Crippen molar-refractivity contribution in [3.63, 3.8) is 0 Å². The van der Waals surface area contributed by atoms with Crippen LogP contribution in [0.5, 0.6) is 0 Å². The van der Waals surface area contributed by atoms with E-state index in [1.807, 2.05) is 51.1 Å². The Morgan fingerprint density at radius 2 is 1.65 bits per heavy atom. The van der Waals surface area contributed by atoms with Crippen molar-refractivity contribution in [2.75, 3.05) is 11.2 Å². The van der Waals surface area contributed by atoms with E-state index in [2.05, 4.69) is 5.43 Å². The van der Waals surface area contributed by atoms with E-state index in [-0.39, 0.29) is 0 Å². The second kappa shape index (κ2) is 5.21. The van der Waals surface area contributed by atoms with Crippen LogP contribution in [-0.4, -0.2) is 5.03 Å². The average Bonchev–Trinajstić information content (AvgIpc) is 2.42. The summed E-state index contributed by atoms with van der Waals surface area (Å²) in [5.41, 5.74) is 13.8. The molecule has 2 aromatic carbocycles. The van der Waals surface area contributed by atoms with Crippen molar-refractivity contribution >= 4 is 11.4 Å². The Bertz CT molecular complexity index is 667. The molecule has 0 amide bonds. The Labute approximate surface area is 117 Å². The van der Waals surface area contributed by atoms with E-state index in [4.69, 9.17) is 5.73 Å². The molecular formula is C15H17N3O2. The third-order valence-corrected chi connectivity index (χ3v) is 3.68. The summed E-state index contributed by atoms with van der Waals surface area (Å²) in [5, 5.41) is 10.2. The smallest absolute Gasteiger partial charge is 0.162 e. The molecule has 0 aliphatic carbocycles. The number of nitro groups is 1.